The molecule has 0 aromatic heterocycles. The Balaban J connectivity index is 1.76. The molecule has 1 aromatic rings. The van der Waals surface area contributed by atoms with Crippen LogP contribution in [-0.2, 0) is 14.9 Å². The third-order valence-electron chi connectivity index (χ3n) is 4.13. The van der Waals surface area contributed by atoms with Crippen molar-refractivity contribution in [3.05, 3.63) is 29.8 Å². The highest BCUT2D eigenvalue weighted by Gasteiger charge is 2.30. The average molecular weight is 321 g/mol. The van der Waals surface area contributed by atoms with Gasteiger partial charge in [0.1, 0.15) is 5.75 Å². The molecule has 0 radical (unpaired) electrons. The van der Waals surface area contributed by atoms with Gasteiger partial charge in [0, 0.05) is 32.6 Å². The van der Waals surface area contributed by atoms with Gasteiger partial charge in [-0.2, -0.15) is 0 Å². The van der Waals surface area contributed by atoms with E-state index < -0.39 is 5.60 Å². The van der Waals surface area contributed by atoms with Gasteiger partial charge < -0.3 is 19.9 Å². The van der Waals surface area contributed by atoms with Crippen LogP contribution in [0.25, 0.3) is 0 Å². The van der Waals surface area contributed by atoms with Gasteiger partial charge in [0.15, 0.2) is 6.61 Å². The molecule has 23 heavy (non-hydrogen) atoms. The molecule has 0 spiro atoms. The Morgan fingerprint density at radius 2 is 1.87 bits per heavy atom. The van der Waals surface area contributed by atoms with Crippen LogP contribution in [-0.4, -0.2) is 43.0 Å². The zero-order valence-electron chi connectivity index (χ0n) is 14.2. The minimum atomic E-state index is -0.859. The molecule has 1 aliphatic heterocycles. The van der Waals surface area contributed by atoms with Crippen LogP contribution in [0.2, 0.25) is 0 Å². The highest BCUT2D eigenvalue weighted by atomic mass is 16.5. The van der Waals surface area contributed by atoms with Crippen molar-refractivity contribution in [3.63, 3.8) is 0 Å². The zero-order chi connectivity index (χ0) is 16.9. The van der Waals surface area contributed by atoms with E-state index in [1.165, 1.54) is 5.56 Å². The van der Waals surface area contributed by atoms with Crippen molar-refractivity contribution in [1.29, 1.82) is 0 Å². The molecule has 1 heterocycles. The predicted molar refractivity (Wildman–Crippen MR) is 88.6 cm³/mol. The zero-order valence-corrected chi connectivity index (χ0v) is 14.2. The van der Waals surface area contributed by atoms with Crippen LogP contribution in [0, 0.1) is 0 Å². The largest absolute Gasteiger partial charge is 0.484 e. The first kappa shape index (κ1) is 17.8. The minimum absolute atomic E-state index is 0.0541. The molecule has 0 unspecified atom stereocenters. The van der Waals surface area contributed by atoms with Gasteiger partial charge in [-0.05, 0) is 23.1 Å². The molecule has 128 valence electrons. The molecule has 1 saturated heterocycles. The van der Waals surface area contributed by atoms with Gasteiger partial charge >= 0.3 is 0 Å². The van der Waals surface area contributed by atoms with E-state index in [9.17, 15) is 9.90 Å². The summed E-state index contributed by atoms with van der Waals surface area (Å²) in [6.45, 7) is 7.70. The molecule has 2 N–H and O–H groups in total. The number of nitrogens with one attached hydrogen (secondary N) is 1. The van der Waals surface area contributed by atoms with E-state index in [-0.39, 0.29) is 24.5 Å². The quantitative estimate of drug-likeness (QED) is 0.871. The Morgan fingerprint density at radius 3 is 2.43 bits per heavy atom. The second-order valence-corrected chi connectivity index (χ2v) is 7.18. The molecule has 1 fully saturated rings. The molecule has 5 heteroatoms. The van der Waals surface area contributed by atoms with Crippen molar-refractivity contribution in [2.45, 2.75) is 44.6 Å². The number of benzene rings is 1. The highest BCUT2D eigenvalue weighted by molar-refractivity contribution is 5.77. The van der Waals surface area contributed by atoms with Gasteiger partial charge in [-0.3, -0.25) is 4.79 Å². The van der Waals surface area contributed by atoms with Crippen molar-refractivity contribution in [2.75, 3.05) is 26.4 Å². The number of hydrogen-bond donors (Lipinski definition) is 2. The molecular weight excluding hydrogens is 294 g/mol. The second-order valence-electron chi connectivity index (χ2n) is 7.18. The summed E-state index contributed by atoms with van der Waals surface area (Å²) in [5, 5.41) is 13.0. The first-order valence-electron chi connectivity index (χ1n) is 8.09. The number of ether oxygens (including phenoxy) is 2. The van der Waals surface area contributed by atoms with Crippen LogP contribution in [0.4, 0.5) is 0 Å². The maximum absolute atomic E-state index is 11.8. The molecule has 5 nitrogen and oxygen atoms in total. The summed E-state index contributed by atoms with van der Waals surface area (Å²) >= 11 is 0. The molecule has 1 aromatic carbocycles. The van der Waals surface area contributed by atoms with Crippen LogP contribution in [0.1, 0.15) is 39.2 Å². The Bertz CT molecular complexity index is 513. The van der Waals surface area contributed by atoms with E-state index in [0.717, 1.165) is 0 Å². The standard InChI is InChI=1S/C18H27NO4/c1-17(2,3)14-4-6-15(7-5-14)23-12-16(20)19-13-18(21)8-10-22-11-9-18/h4-7,21H,8-13H2,1-3H3,(H,19,20). The van der Waals surface area contributed by atoms with Gasteiger partial charge in [0.2, 0.25) is 0 Å². The number of aliphatic hydroxyl groups is 1. The Kier molecular flexibility index (Phi) is 5.65. The highest BCUT2D eigenvalue weighted by Crippen LogP contribution is 2.24. The first-order valence-corrected chi connectivity index (χ1v) is 8.09. The Hall–Kier alpha value is -1.59. The fourth-order valence-electron chi connectivity index (χ4n) is 2.44. The number of carbonyl (C=O) groups is 1. The number of hydrogen-bond acceptors (Lipinski definition) is 4. The number of rotatable bonds is 5. The number of carbonyl (C=O) groups excluding carboxylic acids is 1. The van der Waals surface area contributed by atoms with Gasteiger partial charge in [-0.1, -0.05) is 32.9 Å². The molecule has 1 aliphatic rings. The smallest absolute Gasteiger partial charge is 0.258 e. The third-order valence-corrected chi connectivity index (χ3v) is 4.13. The average Bonchev–Trinajstić information content (AvgIpc) is 2.51. The molecule has 0 atom stereocenters. The van der Waals surface area contributed by atoms with Crippen LogP contribution < -0.4 is 10.1 Å². The third kappa shape index (κ3) is 5.52. The fraction of sp³-hybridized carbons (Fsp3) is 0.611. The van der Waals surface area contributed by atoms with E-state index in [1.54, 1.807) is 0 Å². The second kappa shape index (κ2) is 7.32. The Morgan fingerprint density at radius 1 is 1.26 bits per heavy atom. The summed E-state index contributed by atoms with van der Waals surface area (Å²) in [4.78, 5) is 11.8. The molecule has 0 bridgehead atoms. The maximum atomic E-state index is 11.8. The lowest BCUT2D eigenvalue weighted by Gasteiger charge is -2.32. The molecular formula is C18H27NO4. The van der Waals surface area contributed by atoms with Crippen LogP contribution in [0.15, 0.2) is 24.3 Å². The molecule has 0 aliphatic carbocycles. The van der Waals surface area contributed by atoms with Gasteiger partial charge in [0.25, 0.3) is 5.91 Å². The van der Waals surface area contributed by atoms with Gasteiger partial charge in [0.05, 0.1) is 5.60 Å². The van der Waals surface area contributed by atoms with Crippen LogP contribution >= 0.6 is 0 Å². The van der Waals surface area contributed by atoms with Gasteiger partial charge in [-0.15, -0.1) is 0 Å². The normalized spacial score (nSPS) is 17.6. The van der Waals surface area contributed by atoms with E-state index in [4.69, 9.17) is 9.47 Å². The monoisotopic (exact) mass is 321 g/mol. The van der Waals surface area contributed by atoms with Crippen molar-refractivity contribution < 1.29 is 19.4 Å². The first-order chi connectivity index (χ1) is 10.8. The van der Waals surface area contributed by atoms with Crippen molar-refractivity contribution >= 4 is 5.91 Å². The maximum Gasteiger partial charge on any atom is 0.258 e. The van der Waals surface area contributed by atoms with E-state index in [0.29, 0.717) is 31.8 Å². The molecule has 1 amide bonds. The summed E-state index contributed by atoms with van der Waals surface area (Å²) < 4.78 is 10.7. The lowest BCUT2D eigenvalue weighted by Crippen LogP contribution is -2.47. The van der Waals surface area contributed by atoms with Crippen molar-refractivity contribution in [2.24, 2.45) is 0 Å². The van der Waals surface area contributed by atoms with Crippen molar-refractivity contribution in [3.8, 4) is 5.75 Å². The Labute approximate surface area is 138 Å². The fourth-order valence-corrected chi connectivity index (χ4v) is 2.44. The molecule has 2 rings (SSSR count). The molecule has 0 saturated carbocycles. The van der Waals surface area contributed by atoms with E-state index in [2.05, 4.69) is 26.1 Å². The topological polar surface area (TPSA) is 67.8 Å². The predicted octanol–water partition coefficient (Wildman–Crippen LogP) is 2.02. The lowest BCUT2D eigenvalue weighted by molar-refractivity contribution is -0.125. The lowest BCUT2D eigenvalue weighted by atomic mass is 9.87. The van der Waals surface area contributed by atoms with Crippen LogP contribution in [0.3, 0.4) is 0 Å². The summed E-state index contributed by atoms with van der Waals surface area (Å²) in [7, 11) is 0. The van der Waals surface area contributed by atoms with Crippen LogP contribution in [0.5, 0.6) is 5.75 Å². The number of amides is 1. The summed E-state index contributed by atoms with van der Waals surface area (Å²) in [5.74, 6) is 0.433. The SMILES string of the molecule is CC(C)(C)c1ccc(OCC(=O)NCC2(O)CCOCC2)cc1. The summed E-state index contributed by atoms with van der Waals surface area (Å²) in [6.07, 6.45) is 1.09. The summed E-state index contributed by atoms with van der Waals surface area (Å²) in [6, 6.07) is 7.77. The van der Waals surface area contributed by atoms with Crippen molar-refractivity contribution in [1.82, 2.24) is 5.32 Å². The minimum Gasteiger partial charge on any atom is -0.484 e. The van der Waals surface area contributed by atoms with E-state index in [1.807, 2.05) is 24.3 Å². The van der Waals surface area contributed by atoms with E-state index >= 15 is 0 Å². The summed E-state index contributed by atoms with van der Waals surface area (Å²) in [5.41, 5.74) is 0.452. The van der Waals surface area contributed by atoms with Gasteiger partial charge in [-0.25, -0.2) is 0 Å².